The zero-order valence-corrected chi connectivity index (χ0v) is 41.8. The Kier molecular flexibility index (Phi) is 41.2. The Morgan fingerprint density at radius 2 is 0.746 bits per heavy atom. The van der Waals surface area contributed by atoms with E-state index in [0.717, 1.165) is 64.2 Å². The van der Waals surface area contributed by atoms with Crippen molar-refractivity contribution >= 4 is 60.8 Å². The summed E-state index contributed by atoms with van der Waals surface area (Å²) in [7, 11) is 0. The van der Waals surface area contributed by atoms with Crippen molar-refractivity contribution in [2.75, 3.05) is 0 Å². The summed E-state index contributed by atoms with van der Waals surface area (Å²) >= 11 is 0. The fourth-order valence-corrected chi connectivity index (χ4v) is 7.26. The van der Waals surface area contributed by atoms with Gasteiger partial charge in [-0.15, -0.1) is 0 Å². The summed E-state index contributed by atoms with van der Waals surface area (Å²) < 4.78 is 12.4. The first-order valence-electron chi connectivity index (χ1n) is 23.3. The Bertz CT molecular complexity index is 1110. The van der Waals surface area contributed by atoms with Gasteiger partial charge in [0.15, 0.2) is 0 Å². The molecule has 0 aromatic heterocycles. The number of benzene rings is 2. The summed E-state index contributed by atoms with van der Waals surface area (Å²) in [5, 5.41) is 40.8. The van der Waals surface area contributed by atoms with Gasteiger partial charge in [-0.25, -0.2) is 0 Å². The molecule has 0 saturated carbocycles. The maximum absolute atomic E-state index is 10.4. The number of unbranched alkanes of at least 4 members (excludes halogenated alkanes) is 12. The molecule has 0 fully saturated rings. The summed E-state index contributed by atoms with van der Waals surface area (Å²) in [6, 6.07) is 20.6. The van der Waals surface area contributed by atoms with Crippen molar-refractivity contribution in [3.05, 3.63) is 71.8 Å². The molecule has 0 amide bonds. The Labute approximate surface area is 400 Å². The molecule has 0 aliphatic carbocycles. The maximum Gasteiger partial charge on any atom is 2.00 e. The molecular weight excluding hydrogens is 866 g/mol. The Balaban J connectivity index is 0.00000112. The third-order valence-corrected chi connectivity index (χ3v) is 10.9. The van der Waals surface area contributed by atoms with Crippen molar-refractivity contribution in [2.45, 2.75) is 231 Å². The van der Waals surface area contributed by atoms with E-state index in [1.54, 1.807) is 0 Å². The van der Waals surface area contributed by atoms with E-state index in [9.17, 15) is 30.0 Å². The van der Waals surface area contributed by atoms with Crippen LogP contribution in [0.1, 0.15) is 205 Å². The van der Waals surface area contributed by atoms with Crippen LogP contribution in [0.3, 0.4) is 0 Å². The molecule has 0 heterocycles. The molecule has 0 bridgehead atoms. The number of carboxylic acids is 2. The van der Waals surface area contributed by atoms with Crippen LogP contribution in [-0.2, 0) is 32.3 Å². The molecule has 0 aliphatic rings. The Hall–Kier alpha value is -1.21. The average Bonchev–Trinajstić information content (AvgIpc) is 3.21. The molecule has 0 saturated heterocycles. The molecule has 0 aliphatic heterocycles. The van der Waals surface area contributed by atoms with Gasteiger partial charge in [-0.1, -0.05) is 177 Å². The van der Waals surface area contributed by atoms with Gasteiger partial charge in [0, 0.05) is 11.9 Å². The Morgan fingerprint density at radius 3 is 1.08 bits per heavy atom. The molecule has 2 rings (SSSR count). The van der Waals surface area contributed by atoms with Crippen LogP contribution >= 0.6 is 0 Å². The molecule has 59 heavy (non-hydrogen) atoms. The monoisotopic (exact) mass is 949 g/mol. The first-order chi connectivity index (χ1) is 28.2. The fourth-order valence-electron chi connectivity index (χ4n) is 7.26. The summed E-state index contributed by atoms with van der Waals surface area (Å²) in [6.45, 7) is 5.81. The van der Waals surface area contributed by atoms with Crippen LogP contribution in [0, 0.1) is 0 Å². The van der Waals surface area contributed by atoms with Gasteiger partial charge in [0.25, 0.3) is 0 Å². The SMILES string of the molecule is CCCCCCCCC(CCCCC(O)CCCC(=O)[O-])OCc1ccccc1.CCCCCCCCC(CCCCC(O)CCCC(=O)[O-])OCc1ccccc1.[Ba+2]. The number of aliphatic hydroxyl groups is 2. The predicted molar refractivity (Wildman–Crippen MR) is 238 cm³/mol. The second-order valence-electron chi connectivity index (χ2n) is 16.4. The van der Waals surface area contributed by atoms with Crippen molar-refractivity contribution in [3.8, 4) is 0 Å². The number of carbonyl (C=O) groups excluding carboxylic acids is 2. The van der Waals surface area contributed by atoms with Gasteiger partial charge in [-0.2, -0.15) is 0 Å². The van der Waals surface area contributed by atoms with Crippen molar-refractivity contribution in [1.29, 1.82) is 0 Å². The van der Waals surface area contributed by atoms with Crippen molar-refractivity contribution in [2.24, 2.45) is 0 Å². The van der Waals surface area contributed by atoms with E-state index in [0.29, 0.717) is 38.9 Å². The van der Waals surface area contributed by atoms with Gasteiger partial charge in [-0.3, -0.25) is 0 Å². The molecule has 9 heteroatoms. The summed E-state index contributed by atoms with van der Waals surface area (Å²) in [5.41, 5.74) is 2.42. The van der Waals surface area contributed by atoms with E-state index < -0.39 is 24.1 Å². The molecule has 332 valence electrons. The van der Waals surface area contributed by atoms with Gasteiger partial charge in [0.1, 0.15) is 0 Å². The van der Waals surface area contributed by atoms with E-state index in [-0.39, 0.29) is 73.9 Å². The molecule has 2 aromatic rings. The zero-order valence-electron chi connectivity index (χ0n) is 37.3. The summed E-state index contributed by atoms with van der Waals surface area (Å²) in [5.74, 6) is -2.07. The van der Waals surface area contributed by atoms with E-state index in [1.807, 2.05) is 36.4 Å². The van der Waals surface area contributed by atoms with Crippen molar-refractivity contribution < 1.29 is 39.5 Å². The van der Waals surface area contributed by atoms with Crippen LogP contribution in [-0.4, -0.2) is 95.4 Å². The molecule has 0 radical (unpaired) electrons. The fraction of sp³-hybridized carbons (Fsp3) is 0.720. The molecular formula is C50H82BaO8. The predicted octanol–water partition coefficient (Wildman–Crippen LogP) is 9.95. The summed E-state index contributed by atoms with van der Waals surface area (Å²) in [6.07, 6.45) is 27.1. The number of hydrogen-bond donors (Lipinski definition) is 2. The third-order valence-electron chi connectivity index (χ3n) is 10.9. The van der Waals surface area contributed by atoms with E-state index in [4.69, 9.17) is 9.47 Å². The number of ether oxygens (including phenoxy) is 2. The van der Waals surface area contributed by atoms with Crippen LogP contribution in [0.15, 0.2) is 60.7 Å². The average molecular weight is 949 g/mol. The second-order valence-corrected chi connectivity index (χ2v) is 16.4. The normalized spacial score (nSPS) is 13.1. The number of carbonyl (C=O) groups is 2. The van der Waals surface area contributed by atoms with Crippen LogP contribution in [0.5, 0.6) is 0 Å². The molecule has 4 atom stereocenters. The minimum Gasteiger partial charge on any atom is -0.550 e. The van der Waals surface area contributed by atoms with Gasteiger partial charge < -0.3 is 39.5 Å². The summed E-state index contributed by atoms with van der Waals surface area (Å²) in [4.78, 5) is 20.9. The number of hydrogen-bond acceptors (Lipinski definition) is 8. The van der Waals surface area contributed by atoms with Crippen molar-refractivity contribution in [1.82, 2.24) is 0 Å². The smallest absolute Gasteiger partial charge is 0.550 e. The minimum absolute atomic E-state index is 0. The van der Waals surface area contributed by atoms with E-state index in [2.05, 4.69) is 38.1 Å². The van der Waals surface area contributed by atoms with Gasteiger partial charge in [0.2, 0.25) is 0 Å². The maximum atomic E-state index is 10.4. The van der Waals surface area contributed by atoms with Crippen LogP contribution in [0.2, 0.25) is 0 Å². The number of aliphatic carboxylic acids is 2. The zero-order chi connectivity index (χ0) is 42.3. The molecule has 0 spiro atoms. The molecule has 8 nitrogen and oxygen atoms in total. The van der Waals surface area contributed by atoms with Crippen LogP contribution in [0.4, 0.5) is 0 Å². The van der Waals surface area contributed by atoms with Crippen LogP contribution in [0.25, 0.3) is 0 Å². The van der Waals surface area contributed by atoms with Gasteiger partial charge in [0.05, 0.1) is 37.6 Å². The van der Waals surface area contributed by atoms with Gasteiger partial charge in [-0.05, 0) is 88.2 Å². The van der Waals surface area contributed by atoms with Gasteiger partial charge >= 0.3 is 48.9 Å². The first kappa shape index (κ1) is 57.8. The van der Waals surface area contributed by atoms with E-state index >= 15 is 0 Å². The first-order valence-corrected chi connectivity index (χ1v) is 23.3. The quantitative estimate of drug-likeness (QED) is 0.0501. The van der Waals surface area contributed by atoms with Crippen LogP contribution < -0.4 is 10.2 Å². The third kappa shape index (κ3) is 38.2. The molecule has 4 unspecified atom stereocenters. The largest absolute Gasteiger partial charge is 2.00 e. The topological polar surface area (TPSA) is 139 Å². The number of rotatable bonds is 38. The number of aliphatic hydroxyl groups excluding tert-OH is 2. The van der Waals surface area contributed by atoms with Crippen molar-refractivity contribution in [3.63, 3.8) is 0 Å². The minimum atomic E-state index is -1.04. The second kappa shape index (κ2) is 42.1. The molecule has 2 N–H and O–H groups in total. The standard InChI is InChI=1S/2C25H42O4.Ba/c2*1-2-3-4-5-6-10-18-24(29-21-22-14-8-7-9-15-22)19-12-11-16-23(26)17-13-20-25(27)28;/h2*7-9,14-15,23-24,26H,2-6,10-13,16-21H2,1H3,(H,27,28);/q;;+2/p-2. The molecule has 2 aromatic carbocycles. The Morgan fingerprint density at radius 1 is 0.458 bits per heavy atom. The van der Waals surface area contributed by atoms with E-state index in [1.165, 1.54) is 88.2 Å². The number of carboxylic acid groups (broad SMARTS) is 2.